The third kappa shape index (κ3) is 58.2. The molecule has 0 aliphatic carbocycles. The average Bonchev–Trinajstić information content (AvgIpc) is 3.39. The summed E-state index contributed by atoms with van der Waals surface area (Å²) < 4.78 is 22.9. The monoisotopic (exact) mass is 1060 g/mol. The number of aliphatic carboxylic acids is 1. The van der Waals surface area contributed by atoms with Crippen molar-refractivity contribution >= 4 is 17.9 Å². The molecule has 0 amide bonds. The number of hydrogen-bond donors (Lipinski definition) is 1. The zero-order valence-corrected chi connectivity index (χ0v) is 49.9. The highest BCUT2D eigenvalue weighted by atomic mass is 16.7. The molecule has 0 bridgehead atoms. The summed E-state index contributed by atoms with van der Waals surface area (Å²) in [5.74, 6) is -2.01. The lowest BCUT2D eigenvalue weighted by Gasteiger charge is -2.25. The summed E-state index contributed by atoms with van der Waals surface area (Å²) in [6, 6.07) is 0. The van der Waals surface area contributed by atoms with Gasteiger partial charge in [-0.25, -0.2) is 4.79 Å². The van der Waals surface area contributed by atoms with Crippen LogP contribution in [0, 0.1) is 0 Å². The van der Waals surface area contributed by atoms with Gasteiger partial charge in [0.1, 0.15) is 13.2 Å². The SMILES string of the molecule is CC/C=C\C/C=C\C/C=C\C/C=C\C/C=C\C/C=C\CCCCCCCCCCCCCCCCCCCCC(=O)OC(COC(=O)CCCCCCC/C=C\CCCCCCC)COC(OCC[N+](C)(C)C)C(=O)O. The van der Waals surface area contributed by atoms with Gasteiger partial charge in [0.15, 0.2) is 6.10 Å². The van der Waals surface area contributed by atoms with E-state index in [4.69, 9.17) is 18.9 Å². The molecule has 9 nitrogen and oxygen atoms in total. The van der Waals surface area contributed by atoms with Gasteiger partial charge >= 0.3 is 17.9 Å². The van der Waals surface area contributed by atoms with Crippen LogP contribution in [0.5, 0.6) is 0 Å². The number of ether oxygens (including phenoxy) is 4. The van der Waals surface area contributed by atoms with E-state index in [9.17, 15) is 19.5 Å². The number of carboxylic acids is 1. The average molecular weight is 1070 g/mol. The van der Waals surface area contributed by atoms with Crippen LogP contribution >= 0.6 is 0 Å². The van der Waals surface area contributed by atoms with Gasteiger partial charge in [0.05, 0.1) is 34.4 Å². The summed E-state index contributed by atoms with van der Waals surface area (Å²) >= 11 is 0. The summed E-state index contributed by atoms with van der Waals surface area (Å²) in [5.41, 5.74) is 0. The van der Waals surface area contributed by atoms with Crippen molar-refractivity contribution in [1.29, 1.82) is 0 Å². The number of esters is 2. The van der Waals surface area contributed by atoms with Crippen molar-refractivity contribution in [3.63, 3.8) is 0 Å². The first-order chi connectivity index (χ1) is 37.1. The zero-order valence-electron chi connectivity index (χ0n) is 49.9. The summed E-state index contributed by atoms with van der Waals surface area (Å²) in [6.45, 7) is 4.76. The summed E-state index contributed by atoms with van der Waals surface area (Å²) in [7, 11) is 5.97. The van der Waals surface area contributed by atoms with Crippen LogP contribution in [0.15, 0.2) is 85.1 Å². The number of likely N-dealkylation sites (N-methyl/N-ethyl adjacent to an activating group) is 1. The number of nitrogens with zero attached hydrogens (tertiary/aromatic N) is 1. The van der Waals surface area contributed by atoms with Crippen LogP contribution in [0.2, 0.25) is 0 Å². The molecule has 0 aromatic rings. The fraction of sp³-hybridized carbons (Fsp3) is 0.746. The van der Waals surface area contributed by atoms with Crippen molar-refractivity contribution in [3.05, 3.63) is 85.1 Å². The number of hydrogen-bond acceptors (Lipinski definition) is 7. The Morgan fingerprint density at radius 1 is 0.408 bits per heavy atom. The van der Waals surface area contributed by atoms with E-state index in [1.54, 1.807) is 0 Å². The lowest BCUT2D eigenvalue weighted by atomic mass is 10.0. The largest absolute Gasteiger partial charge is 0.477 e. The Morgan fingerprint density at radius 2 is 0.750 bits per heavy atom. The predicted octanol–water partition coefficient (Wildman–Crippen LogP) is 18.7. The van der Waals surface area contributed by atoms with E-state index in [2.05, 4.69) is 98.9 Å². The number of carbonyl (C=O) groups excluding carboxylic acids is 2. The molecule has 0 saturated carbocycles. The van der Waals surface area contributed by atoms with Gasteiger partial charge in [0.25, 0.3) is 6.29 Å². The zero-order chi connectivity index (χ0) is 55.5. The Kier molecular flexibility index (Phi) is 55.0. The van der Waals surface area contributed by atoms with Crippen LogP contribution in [0.4, 0.5) is 0 Å². The second kappa shape index (κ2) is 57.6. The third-order valence-electron chi connectivity index (χ3n) is 13.4. The highest BCUT2D eigenvalue weighted by Gasteiger charge is 2.25. The topological polar surface area (TPSA) is 108 Å². The van der Waals surface area contributed by atoms with E-state index < -0.39 is 24.3 Å². The summed E-state index contributed by atoms with van der Waals surface area (Å²) in [4.78, 5) is 37.4. The standard InChI is InChI=1S/C67H117NO8/c1-6-8-10-12-14-16-18-20-22-23-24-25-26-27-28-29-30-31-32-33-34-35-36-37-38-39-40-41-42-43-44-46-48-50-52-54-56-58-65(70)76-63(62-75-67(66(71)72)73-60-59-68(3,4)5)61-74-64(69)57-55-53-51-49-47-45-21-19-17-15-13-11-9-7-2/h8,10,14,16,19-22,24-25,27-28,30-31,63,67H,6-7,9,11-13,15,17-18,23,26,29,32-62H2,1-5H3/p+1/b10-8-,16-14-,21-19-,22-20-,25-24-,28-27-,31-30-. The normalized spacial score (nSPS) is 13.3. The minimum Gasteiger partial charge on any atom is -0.477 e. The molecule has 0 aromatic carbocycles. The maximum Gasteiger partial charge on any atom is 0.361 e. The van der Waals surface area contributed by atoms with Crippen LogP contribution in [0.1, 0.15) is 264 Å². The molecule has 1 N–H and O–H groups in total. The van der Waals surface area contributed by atoms with Crippen LogP contribution in [0.3, 0.4) is 0 Å². The lowest BCUT2D eigenvalue weighted by molar-refractivity contribution is -0.870. The molecule has 0 aliphatic heterocycles. The van der Waals surface area contributed by atoms with Gasteiger partial charge in [-0.3, -0.25) is 9.59 Å². The molecule has 438 valence electrons. The Labute approximate surface area is 468 Å². The molecule has 0 fully saturated rings. The van der Waals surface area contributed by atoms with E-state index in [0.29, 0.717) is 17.4 Å². The second-order valence-corrected chi connectivity index (χ2v) is 22.0. The van der Waals surface area contributed by atoms with E-state index in [1.165, 1.54) is 141 Å². The summed E-state index contributed by atoms with van der Waals surface area (Å²) in [5, 5.41) is 9.70. The number of rotatable bonds is 57. The quantitative estimate of drug-likeness (QED) is 0.0211. The van der Waals surface area contributed by atoms with Gasteiger partial charge in [-0.1, -0.05) is 247 Å². The second-order valence-electron chi connectivity index (χ2n) is 22.0. The number of carbonyl (C=O) groups is 3. The Balaban J connectivity index is 4.05. The predicted molar refractivity (Wildman–Crippen MR) is 322 cm³/mol. The van der Waals surface area contributed by atoms with Crippen LogP contribution in [0.25, 0.3) is 0 Å². The third-order valence-corrected chi connectivity index (χ3v) is 13.4. The van der Waals surface area contributed by atoms with Crippen molar-refractivity contribution in [2.24, 2.45) is 0 Å². The van der Waals surface area contributed by atoms with Gasteiger partial charge in [0.2, 0.25) is 0 Å². The molecule has 9 heteroatoms. The van der Waals surface area contributed by atoms with Gasteiger partial charge < -0.3 is 28.5 Å². The minimum atomic E-state index is -1.51. The van der Waals surface area contributed by atoms with Gasteiger partial charge in [-0.05, 0) is 89.9 Å². The smallest absolute Gasteiger partial charge is 0.361 e. The van der Waals surface area contributed by atoms with E-state index in [1.807, 2.05) is 21.1 Å². The van der Waals surface area contributed by atoms with Crippen LogP contribution in [-0.2, 0) is 33.3 Å². The molecule has 2 unspecified atom stereocenters. The lowest BCUT2D eigenvalue weighted by Crippen LogP contribution is -2.40. The van der Waals surface area contributed by atoms with Crippen LogP contribution in [-0.4, -0.2) is 87.4 Å². The van der Waals surface area contributed by atoms with Gasteiger partial charge in [-0.2, -0.15) is 0 Å². The first-order valence-corrected chi connectivity index (χ1v) is 31.3. The van der Waals surface area contributed by atoms with E-state index in [0.717, 1.165) is 96.3 Å². The number of carboxylic acid groups (broad SMARTS) is 1. The highest BCUT2D eigenvalue weighted by Crippen LogP contribution is 2.17. The molecule has 0 saturated heterocycles. The highest BCUT2D eigenvalue weighted by molar-refractivity contribution is 5.71. The summed E-state index contributed by atoms with van der Waals surface area (Å²) in [6.07, 6.45) is 74.0. The molecule has 0 aromatic heterocycles. The van der Waals surface area contributed by atoms with Crippen LogP contribution < -0.4 is 0 Å². The Hall–Kier alpha value is -3.53. The minimum absolute atomic E-state index is 0.185. The van der Waals surface area contributed by atoms with Crippen molar-refractivity contribution in [1.82, 2.24) is 0 Å². The maximum absolute atomic E-state index is 12.9. The molecule has 0 heterocycles. The number of quaternary nitrogens is 1. The van der Waals surface area contributed by atoms with Crippen molar-refractivity contribution in [2.75, 3.05) is 47.5 Å². The number of unbranched alkanes of at least 4 members (excludes halogenated alkanes) is 28. The number of allylic oxidation sites excluding steroid dienone is 14. The fourth-order valence-electron chi connectivity index (χ4n) is 8.60. The van der Waals surface area contributed by atoms with Crippen molar-refractivity contribution in [2.45, 2.75) is 277 Å². The molecule has 2 atom stereocenters. The Morgan fingerprint density at radius 3 is 1.13 bits per heavy atom. The molecule has 0 radical (unpaired) electrons. The van der Waals surface area contributed by atoms with Gasteiger partial charge in [0, 0.05) is 12.8 Å². The fourth-order valence-corrected chi connectivity index (χ4v) is 8.60. The molecule has 0 spiro atoms. The molecular formula is C67H118NO8+. The first kappa shape index (κ1) is 72.5. The van der Waals surface area contributed by atoms with Crippen molar-refractivity contribution in [3.8, 4) is 0 Å². The molecule has 0 aliphatic rings. The first-order valence-electron chi connectivity index (χ1n) is 31.3. The van der Waals surface area contributed by atoms with Crippen molar-refractivity contribution < 1.29 is 42.9 Å². The molecule has 0 rings (SSSR count). The molecule has 76 heavy (non-hydrogen) atoms. The van der Waals surface area contributed by atoms with E-state index >= 15 is 0 Å². The van der Waals surface area contributed by atoms with E-state index in [-0.39, 0.29) is 32.2 Å². The Bertz CT molecular complexity index is 1520. The maximum atomic E-state index is 12.9. The van der Waals surface area contributed by atoms with Gasteiger partial charge in [-0.15, -0.1) is 0 Å². The molecular weight excluding hydrogens is 947 g/mol.